The van der Waals surface area contributed by atoms with Gasteiger partial charge < -0.3 is 9.73 Å². The number of carbonyl (C=O) groups is 1. The van der Waals surface area contributed by atoms with Crippen molar-refractivity contribution in [2.45, 2.75) is 6.92 Å². The molecule has 0 aliphatic rings. The van der Waals surface area contributed by atoms with Gasteiger partial charge >= 0.3 is 0 Å². The lowest BCUT2D eigenvalue weighted by molar-refractivity contribution is -0.384. The monoisotopic (exact) mass is 272 g/mol. The quantitative estimate of drug-likeness (QED) is 0.526. The molecule has 20 heavy (non-hydrogen) atoms. The third kappa shape index (κ3) is 3.55. The molecule has 0 aliphatic heterocycles. The number of nitrogens with zero attached hydrogens (tertiary/aromatic N) is 1. The van der Waals surface area contributed by atoms with Gasteiger partial charge in [-0.15, -0.1) is 0 Å². The molecule has 102 valence electrons. The van der Waals surface area contributed by atoms with Crippen molar-refractivity contribution in [2.75, 3.05) is 5.32 Å². The van der Waals surface area contributed by atoms with Crippen LogP contribution >= 0.6 is 0 Å². The predicted octanol–water partition coefficient (Wildman–Crippen LogP) is 3.15. The summed E-state index contributed by atoms with van der Waals surface area (Å²) >= 11 is 0. The first-order chi connectivity index (χ1) is 9.54. The number of furan rings is 1. The Labute approximate surface area is 114 Å². The van der Waals surface area contributed by atoms with Gasteiger partial charge in [-0.2, -0.15) is 0 Å². The lowest BCUT2D eigenvalue weighted by Gasteiger charge is -2.01. The molecule has 1 amide bonds. The lowest BCUT2D eigenvalue weighted by atomic mass is 10.3. The minimum absolute atomic E-state index is 0.0755. The van der Waals surface area contributed by atoms with Gasteiger partial charge in [0.2, 0.25) is 5.91 Å². The van der Waals surface area contributed by atoms with E-state index in [1.54, 1.807) is 25.1 Å². The van der Waals surface area contributed by atoms with Crippen LogP contribution in [0.3, 0.4) is 0 Å². The predicted molar refractivity (Wildman–Crippen MR) is 74.2 cm³/mol. The van der Waals surface area contributed by atoms with Gasteiger partial charge in [0.1, 0.15) is 11.5 Å². The van der Waals surface area contributed by atoms with E-state index in [4.69, 9.17) is 4.42 Å². The number of hydrogen-bond acceptors (Lipinski definition) is 4. The second-order valence-electron chi connectivity index (χ2n) is 4.08. The maximum atomic E-state index is 11.7. The van der Waals surface area contributed by atoms with Crippen LogP contribution in [0.5, 0.6) is 0 Å². The summed E-state index contributed by atoms with van der Waals surface area (Å²) < 4.78 is 5.28. The molecule has 0 atom stereocenters. The summed E-state index contributed by atoms with van der Waals surface area (Å²) in [5.41, 5.74) is 0.290. The van der Waals surface area contributed by atoms with Crippen molar-refractivity contribution < 1.29 is 14.1 Å². The fourth-order valence-corrected chi connectivity index (χ4v) is 1.58. The van der Waals surface area contributed by atoms with E-state index >= 15 is 0 Å². The van der Waals surface area contributed by atoms with Crippen molar-refractivity contribution in [1.82, 2.24) is 0 Å². The molecule has 0 saturated heterocycles. The highest BCUT2D eigenvalue weighted by Crippen LogP contribution is 2.17. The van der Waals surface area contributed by atoms with E-state index < -0.39 is 4.92 Å². The number of non-ortho nitro benzene ring substituents is 1. The van der Waals surface area contributed by atoms with Crippen molar-refractivity contribution in [2.24, 2.45) is 0 Å². The number of carbonyl (C=O) groups excluding carboxylic acids is 1. The van der Waals surface area contributed by atoms with E-state index in [0.29, 0.717) is 11.4 Å². The van der Waals surface area contributed by atoms with Gasteiger partial charge in [-0.05, 0) is 31.2 Å². The van der Waals surface area contributed by atoms with Crippen LogP contribution in [0.15, 0.2) is 46.9 Å². The first-order valence-corrected chi connectivity index (χ1v) is 5.84. The van der Waals surface area contributed by atoms with Crippen molar-refractivity contribution >= 4 is 23.4 Å². The van der Waals surface area contributed by atoms with E-state index in [9.17, 15) is 14.9 Å². The average molecular weight is 272 g/mol. The molecule has 2 aromatic rings. The molecule has 2 rings (SSSR count). The zero-order valence-corrected chi connectivity index (χ0v) is 10.7. The Hall–Kier alpha value is -2.89. The first-order valence-electron chi connectivity index (χ1n) is 5.84. The molecule has 0 radical (unpaired) electrons. The molecule has 1 heterocycles. The second kappa shape index (κ2) is 5.83. The van der Waals surface area contributed by atoms with Gasteiger partial charge in [0, 0.05) is 23.9 Å². The number of hydrogen-bond donors (Lipinski definition) is 1. The van der Waals surface area contributed by atoms with Crippen LogP contribution in [0.2, 0.25) is 0 Å². The molecule has 6 heteroatoms. The largest absolute Gasteiger partial charge is 0.462 e. The number of amides is 1. The standard InChI is InChI=1S/C14H12N2O4/c1-10-5-6-13(20-10)7-8-14(17)15-11-3-2-4-12(9-11)16(18)19/h2-9H,1H3,(H,15,17). The number of benzene rings is 1. The van der Waals surface area contributed by atoms with Crippen molar-refractivity contribution in [3.8, 4) is 0 Å². The fraction of sp³-hybridized carbons (Fsp3) is 0.0714. The smallest absolute Gasteiger partial charge is 0.271 e. The topological polar surface area (TPSA) is 85.4 Å². The summed E-state index contributed by atoms with van der Waals surface area (Å²) in [6.07, 6.45) is 2.83. The van der Waals surface area contributed by atoms with Crippen molar-refractivity contribution in [3.63, 3.8) is 0 Å². The second-order valence-corrected chi connectivity index (χ2v) is 4.08. The Morgan fingerprint density at radius 2 is 2.15 bits per heavy atom. The summed E-state index contributed by atoms with van der Waals surface area (Å²) in [6, 6.07) is 9.27. The maximum Gasteiger partial charge on any atom is 0.271 e. The van der Waals surface area contributed by atoms with Crippen LogP contribution in [-0.2, 0) is 4.79 Å². The molecule has 1 aromatic heterocycles. The Balaban J connectivity index is 2.02. The molecule has 0 aliphatic carbocycles. The van der Waals surface area contributed by atoms with Gasteiger partial charge in [-0.25, -0.2) is 0 Å². The molecule has 1 N–H and O–H groups in total. The molecular formula is C14H12N2O4. The summed E-state index contributed by atoms with van der Waals surface area (Å²) in [5, 5.41) is 13.2. The Morgan fingerprint density at radius 3 is 2.80 bits per heavy atom. The minimum atomic E-state index is -0.517. The van der Waals surface area contributed by atoms with Gasteiger partial charge in [0.25, 0.3) is 5.69 Å². The molecule has 6 nitrogen and oxygen atoms in total. The molecule has 0 fully saturated rings. The Morgan fingerprint density at radius 1 is 1.35 bits per heavy atom. The molecule has 0 bridgehead atoms. The zero-order valence-electron chi connectivity index (χ0n) is 10.7. The normalized spacial score (nSPS) is 10.7. The van der Waals surface area contributed by atoms with E-state index in [1.807, 2.05) is 0 Å². The van der Waals surface area contributed by atoms with E-state index in [2.05, 4.69) is 5.32 Å². The third-order valence-electron chi connectivity index (χ3n) is 2.48. The summed E-state index contributed by atoms with van der Waals surface area (Å²) in [6.45, 7) is 1.81. The van der Waals surface area contributed by atoms with Crippen LogP contribution in [0.4, 0.5) is 11.4 Å². The number of aryl methyl sites for hydroxylation is 1. The average Bonchev–Trinajstić information content (AvgIpc) is 2.82. The summed E-state index contributed by atoms with van der Waals surface area (Å²) in [4.78, 5) is 21.8. The van der Waals surface area contributed by atoms with Gasteiger partial charge in [0.05, 0.1) is 4.92 Å². The number of nitro benzene ring substituents is 1. The number of nitro groups is 1. The van der Waals surface area contributed by atoms with Crippen LogP contribution in [0, 0.1) is 17.0 Å². The van der Waals surface area contributed by atoms with E-state index in [-0.39, 0.29) is 11.6 Å². The van der Waals surface area contributed by atoms with E-state index in [1.165, 1.54) is 30.4 Å². The van der Waals surface area contributed by atoms with Gasteiger partial charge in [-0.1, -0.05) is 6.07 Å². The molecule has 0 unspecified atom stereocenters. The number of nitrogens with one attached hydrogen (secondary N) is 1. The molecular weight excluding hydrogens is 260 g/mol. The Kier molecular flexibility index (Phi) is 3.95. The highest BCUT2D eigenvalue weighted by Gasteiger charge is 2.06. The number of rotatable bonds is 4. The SMILES string of the molecule is Cc1ccc(C=CC(=O)Nc2cccc([N+](=O)[O-])c2)o1. The summed E-state index contributed by atoms with van der Waals surface area (Å²) in [5.74, 6) is 0.931. The van der Waals surface area contributed by atoms with Crippen LogP contribution < -0.4 is 5.32 Å². The fourth-order valence-electron chi connectivity index (χ4n) is 1.58. The maximum absolute atomic E-state index is 11.7. The van der Waals surface area contributed by atoms with Crippen molar-refractivity contribution in [1.29, 1.82) is 0 Å². The number of anilines is 1. The molecule has 1 aromatic carbocycles. The van der Waals surface area contributed by atoms with Gasteiger partial charge in [0.15, 0.2) is 0 Å². The first kappa shape index (κ1) is 13.5. The Bertz CT molecular complexity index is 673. The van der Waals surface area contributed by atoms with Crippen LogP contribution in [0.1, 0.15) is 11.5 Å². The van der Waals surface area contributed by atoms with Crippen molar-refractivity contribution in [3.05, 3.63) is 64.1 Å². The van der Waals surface area contributed by atoms with Gasteiger partial charge in [-0.3, -0.25) is 14.9 Å². The minimum Gasteiger partial charge on any atom is -0.462 e. The molecule has 0 saturated carbocycles. The zero-order chi connectivity index (χ0) is 14.5. The lowest BCUT2D eigenvalue weighted by Crippen LogP contribution is -2.07. The third-order valence-corrected chi connectivity index (χ3v) is 2.48. The van der Waals surface area contributed by atoms with E-state index in [0.717, 1.165) is 5.76 Å². The van der Waals surface area contributed by atoms with Crippen LogP contribution in [-0.4, -0.2) is 10.8 Å². The highest BCUT2D eigenvalue weighted by atomic mass is 16.6. The summed E-state index contributed by atoms with van der Waals surface area (Å²) in [7, 11) is 0. The molecule has 0 spiro atoms. The van der Waals surface area contributed by atoms with Crippen LogP contribution in [0.25, 0.3) is 6.08 Å². The highest BCUT2D eigenvalue weighted by molar-refractivity contribution is 6.01.